The van der Waals surface area contributed by atoms with E-state index in [0.29, 0.717) is 18.0 Å². The number of halogens is 1. The number of nitrogens with zero attached hydrogens (tertiary/aromatic N) is 1. The maximum Gasteiger partial charge on any atom is 0.224 e. The molecule has 2 aromatic rings. The van der Waals surface area contributed by atoms with E-state index in [1.165, 1.54) is 0 Å². The largest absolute Gasteiger partial charge is 0.352 e. The van der Waals surface area contributed by atoms with E-state index in [1.54, 1.807) is 12.1 Å². The average Bonchev–Trinajstić information content (AvgIpc) is 2.47. The fourth-order valence-corrected chi connectivity index (χ4v) is 2.15. The Balaban J connectivity index is 1.87. The van der Waals surface area contributed by atoms with Crippen LogP contribution in [0, 0.1) is 0 Å². The summed E-state index contributed by atoms with van der Waals surface area (Å²) in [5.74, 6) is -0.0118. The molecular weight excluding hydrogens is 296 g/mol. The van der Waals surface area contributed by atoms with Crippen molar-refractivity contribution in [1.82, 2.24) is 10.3 Å². The summed E-state index contributed by atoms with van der Waals surface area (Å²) in [6, 6.07) is 11.3. The maximum absolute atomic E-state index is 11.9. The molecule has 2 rings (SSSR count). The molecule has 1 aromatic carbocycles. The van der Waals surface area contributed by atoms with E-state index in [-0.39, 0.29) is 11.3 Å². The van der Waals surface area contributed by atoms with Gasteiger partial charge in [-0.25, -0.2) is 0 Å². The third kappa shape index (κ3) is 4.85. The van der Waals surface area contributed by atoms with Gasteiger partial charge in [-0.3, -0.25) is 9.78 Å². The van der Waals surface area contributed by atoms with Gasteiger partial charge in [-0.05, 0) is 29.3 Å². The molecule has 0 saturated heterocycles. The van der Waals surface area contributed by atoms with Crippen molar-refractivity contribution in [2.75, 3.05) is 0 Å². The first kappa shape index (κ1) is 16.5. The first-order chi connectivity index (χ1) is 10.3. The normalized spacial score (nSPS) is 11.3. The summed E-state index contributed by atoms with van der Waals surface area (Å²) in [7, 11) is 0. The second-order valence-corrected chi connectivity index (χ2v) is 6.82. The van der Waals surface area contributed by atoms with Crippen LogP contribution in [-0.4, -0.2) is 10.9 Å². The van der Waals surface area contributed by atoms with Crippen molar-refractivity contribution in [3.63, 3.8) is 0 Å². The Bertz CT molecular complexity index is 628. The Hall–Kier alpha value is -1.87. The van der Waals surface area contributed by atoms with Gasteiger partial charge in [-0.2, -0.15) is 0 Å². The minimum atomic E-state index is -0.0118. The summed E-state index contributed by atoms with van der Waals surface area (Å²) in [6.07, 6.45) is 2.17. The maximum atomic E-state index is 11.9. The number of carbonyl (C=O) groups excluding carboxylic acids is 1. The number of amides is 1. The zero-order chi connectivity index (χ0) is 16.2. The topological polar surface area (TPSA) is 42.0 Å². The molecule has 116 valence electrons. The lowest BCUT2D eigenvalue weighted by Crippen LogP contribution is -2.24. The van der Waals surface area contributed by atoms with Gasteiger partial charge in [0, 0.05) is 28.9 Å². The summed E-state index contributed by atoms with van der Waals surface area (Å²) in [6.45, 7) is 6.87. The number of benzene rings is 1. The smallest absolute Gasteiger partial charge is 0.224 e. The fraction of sp³-hybridized carbons (Fsp3) is 0.333. The Labute approximate surface area is 136 Å². The van der Waals surface area contributed by atoms with Gasteiger partial charge in [0.05, 0.1) is 6.42 Å². The van der Waals surface area contributed by atoms with Crippen molar-refractivity contribution in [1.29, 1.82) is 0 Å². The molecule has 22 heavy (non-hydrogen) atoms. The van der Waals surface area contributed by atoms with Gasteiger partial charge in [0.1, 0.15) is 0 Å². The number of aromatic nitrogens is 1. The van der Waals surface area contributed by atoms with E-state index in [4.69, 9.17) is 11.6 Å². The van der Waals surface area contributed by atoms with Crippen LogP contribution < -0.4 is 5.32 Å². The lowest BCUT2D eigenvalue weighted by molar-refractivity contribution is -0.120. The summed E-state index contributed by atoms with van der Waals surface area (Å²) >= 11 is 5.83. The predicted octanol–water partition coefficient (Wildman–Crippen LogP) is 3.89. The first-order valence-corrected chi connectivity index (χ1v) is 7.69. The molecule has 0 bridgehead atoms. The van der Waals surface area contributed by atoms with E-state index < -0.39 is 0 Å². The Morgan fingerprint density at radius 3 is 2.27 bits per heavy atom. The number of hydrogen-bond acceptors (Lipinski definition) is 2. The SMILES string of the molecule is CC(C)(C)c1ccc(CNC(=O)Cc2ccc(Cl)cc2)cn1. The van der Waals surface area contributed by atoms with Crippen molar-refractivity contribution in [2.45, 2.75) is 39.2 Å². The molecule has 0 atom stereocenters. The Morgan fingerprint density at radius 2 is 1.73 bits per heavy atom. The van der Waals surface area contributed by atoms with Crippen molar-refractivity contribution in [2.24, 2.45) is 0 Å². The monoisotopic (exact) mass is 316 g/mol. The standard InChI is InChI=1S/C18H21ClN2O/c1-18(2,3)16-9-6-14(11-20-16)12-21-17(22)10-13-4-7-15(19)8-5-13/h4-9,11H,10,12H2,1-3H3,(H,21,22). The van der Waals surface area contributed by atoms with Crippen LogP contribution in [0.3, 0.4) is 0 Å². The molecule has 4 heteroatoms. The molecule has 1 heterocycles. The second kappa shape index (κ2) is 6.93. The Kier molecular flexibility index (Phi) is 5.19. The zero-order valence-electron chi connectivity index (χ0n) is 13.2. The molecule has 1 aromatic heterocycles. The third-order valence-electron chi connectivity index (χ3n) is 3.36. The van der Waals surface area contributed by atoms with Gasteiger partial charge in [-0.15, -0.1) is 0 Å². The van der Waals surface area contributed by atoms with Gasteiger partial charge >= 0.3 is 0 Å². The Morgan fingerprint density at radius 1 is 1.09 bits per heavy atom. The van der Waals surface area contributed by atoms with Gasteiger partial charge < -0.3 is 5.32 Å². The molecule has 0 spiro atoms. The van der Waals surface area contributed by atoms with E-state index in [0.717, 1.165) is 16.8 Å². The van der Waals surface area contributed by atoms with Crippen molar-refractivity contribution >= 4 is 17.5 Å². The lowest BCUT2D eigenvalue weighted by Gasteiger charge is -2.17. The zero-order valence-corrected chi connectivity index (χ0v) is 13.9. The van der Waals surface area contributed by atoms with Gasteiger partial charge in [0.2, 0.25) is 5.91 Å². The van der Waals surface area contributed by atoms with Crippen molar-refractivity contribution in [3.05, 3.63) is 64.4 Å². The number of nitrogens with one attached hydrogen (secondary N) is 1. The van der Waals surface area contributed by atoms with Gasteiger partial charge in [-0.1, -0.05) is 50.6 Å². The quantitative estimate of drug-likeness (QED) is 0.929. The minimum Gasteiger partial charge on any atom is -0.352 e. The van der Waals surface area contributed by atoms with E-state index in [1.807, 2.05) is 30.5 Å². The van der Waals surface area contributed by atoms with Gasteiger partial charge in [0.25, 0.3) is 0 Å². The number of rotatable bonds is 4. The highest BCUT2D eigenvalue weighted by Gasteiger charge is 2.14. The molecule has 0 radical (unpaired) electrons. The van der Waals surface area contributed by atoms with E-state index in [9.17, 15) is 4.79 Å². The second-order valence-electron chi connectivity index (χ2n) is 6.38. The highest BCUT2D eigenvalue weighted by atomic mass is 35.5. The molecule has 0 fully saturated rings. The highest BCUT2D eigenvalue weighted by molar-refractivity contribution is 6.30. The van der Waals surface area contributed by atoms with Crippen LogP contribution in [0.1, 0.15) is 37.6 Å². The van der Waals surface area contributed by atoms with Crippen LogP contribution >= 0.6 is 11.6 Å². The lowest BCUT2D eigenvalue weighted by atomic mass is 9.91. The summed E-state index contributed by atoms with van der Waals surface area (Å²) < 4.78 is 0. The number of carbonyl (C=O) groups is 1. The molecule has 1 amide bonds. The predicted molar refractivity (Wildman–Crippen MR) is 89.9 cm³/mol. The van der Waals surface area contributed by atoms with Crippen LogP contribution in [0.2, 0.25) is 5.02 Å². The highest BCUT2D eigenvalue weighted by Crippen LogP contribution is 2.19. The molecule has 0 aliphatic carbocycles. The molecule has 0 unspecified atom stereocenters. The van der Waals surface area contributed by atoms with Gasteiger partial charge in [0.15, 0.2) is 0 Å². The molecule has 1 N–H and O–H groups in total. The molecule has 0 aliphatic rings. The minimum absolute atomic E-state index is 0.0118. The number of pyridine rings is 1. The van der Waals surface area contributed by atoms with Crippen molar-refractivity contribution < 1.29 is 4.79 Å². The average molecular weight is 317 g/mol. The molecular formula is C18H21ClN2O. The molecule has 0 aliphatic heterocycles. The van der Waals surface area contributed by atoms with Crippen LogP contribution in [0.4, 0.5) is 0 Å². The van der Waals surface area contributed by atoms with Crippen molar-refractivity contribution in [3.8, 4) is 0 Å². The molecule has 0 saturated carbocycles. The first-order valence-electron chi connectivity index (χ1n) is 7.31. The fourth-order valence-electron chi connectivity index (χ4n) is 2.02. The van der Waals surface area contributed by atoms with Crippen LogP contribution in [0.5, 0.6) is 0 Å². The van der Waals surface area contributed by atoms with E-state index in [2.05, 4.69) is 31.1 Å². The van der Waals surface area contributed by atoms with E-state index >= 15 is 0 Å². The summed E-state index contributed by atoms with van der Waals surface area (Å²) in [5.41, 5.74) is 3.03. The van der Waals surface area contributed by atoms with Crippen LogP contribution in [0.25, 0.3) is 0 Å². The summed E-state index contributed by atoms with van der Waals surface area (Å²) in [4.78, 5) is 16.4. The number of hydrogen-bond donors (Lipinski definition) is 1. The summed E-state index contributed by atoms with van der Waals surface area (Å²) in [5, 5.41) is 3.58. The molecule has 3 nitrogen and oxygen atoms in total. The van der Waals surface area contributed by atoms with Crippen LogP contribution in [-0.2, 0) is 23.2 Å². The third-order valence-corrected chi connectivity index (χ3v) is 3.61. The van der Waals surface area contributed by atoms with Crippen LogP contribution in [0.15, 0.2) is 42.6 Å².